The van der Waals surface area contributed by atoms with Gasteiger partial charge in [-0.3, -0.25) is 4.90 Å². The number of fused-ring (bicyclic) bond motifs is 1. The van der Waals surface area contributed by atoms with E-state index in [0.29, 0.717) is 17.4 Å². The number of rotatable bonds is 7. The highest BCUT2D eigenvalue weighted by molar-refractivity contribution is 7.89. The molecule has 3 aliphatic rings. The third-order valence-electron chi connectivity index (χ3n) is 8.34. The van der Waals surface area contributed by atoms with E-state index in [-0.39, 0.29) is 11.8 Å². The number of thiophene rings is 1. The quantitative estimate of drug-likeness (QED) is 0.394. The van der Waals surface area contributed by atoms with Crippen LogP contribution in [0.25, 0.3) is 21.5 Å². The molecule has 3 saturated heterocycles. The SMILES string of the molecule is COc1ncc(-c2nc(N3CCCCC3)nc3c(CN4CCN(C(=O)N5CCCC5)CC4)csc23)cc1CS(C)(=O)=O. The fraction of sp³-hybridized carbons (Fsp3) is 0.586. The van der Waals surface area contributed by atoms with Gasteiger partial charge in [0.1, 0.15) is 0 Å². The summed E-state index contributed by atoms with van der Waals surface area (Å²) in [6, 6.07) is 2.02. The van der Waals surface area contributed by atoms with Crippen molar-refractivity contribution >= 4 is 43.4 Å². The van der Waals surface area contributed by atoms with Crippen molar-refractivity contribution in [2.75, 3.05) is 70.6 Å². The van der Waals surface area contributed by atoms with Crippen LogP contribution in [0.2, 0.25) is 0 Å². The third kappa shape index (κ3) is 6.32. The third-order valence-corrected chi connectivity index (χ3v) is 10.2. The van der Waals surface area contributed by atoms with Gasteiger partial charge in [0.25, 0.3) is 0 Å². The van der Waals surface area contributed by atoms with E-state index in [4.69, 9.17) is 14.7 Å². The lowest BCUT2D eigenvalue weighted by Crippen LogP contribution is -2.52. The lowest BCUT2D eigenvalue weighted by Gasteiger charge is -2.36. The van der Waals surface area contributed by atoms with Crippen LogP contribution in [-0.2, 0) is 22.1 Å². The Bertz CT molecular complexity index is 1540. The second kappa shape index (κ2) is 12.3. The van der Waals surface area contributed by atoms with Crippen LogP contribution in [0.3, 0.4) is 0 Å². The second-order valence-electron chi connectivity index (χ2n) is 11.6. The van der Waals surface area contributed by atoms with E-state index in [1.165, 1.54) is 19.8 Å². The summed E-state index contributed by atoms with van der Waals surface area (Å²) in [5.41, 5.74) is 4.11. The van der Waals surface area contributed by atoms with Gasteiger partial charge in [0.05, 0.1) is 28.8 Å². The Balaban J connectivity index is 1.30. The molecule has 0 spiro atoms. The van der Waals surface area contributed by atoms with Crippen LogP contribution in [0.5, 0.6) is 5.88 Å². The van der Waals surface area contributed by atoms with Gasteiger partial charge >= 0.3 is 6.03 Å². The van der Waals surface area contributed by atoms with Crippen molar-refractivity contribution in [1.29, 1.82) is 0 Å². The first kappa shape index (κ1) is 29.1. The number of likely N-dealkylation sites (tertiary alicyclic amines) is 1. The van der Waals surface area contributed by atoms with Crippen molar-refractivity contribution in [3.63, 3.8) is 0 Å². The average Bonchev–Trinajstić information content (AvgIpc) is 3.67. The molecule has 13 heteroatoms. The zero-order valence-electron chi connectivity index (χ0n) is 24.4. The monoisotopic (exact) mass is 613 g/mol. The van der Waals surface area contributed by atoms with E-state index in [9.17, 15) is 13.2 Å². The highest BCUT2D eigenvalue weighted by Crippen LogP contribution is 2.37. The smallest absolute Gasteiger partial charge is 0.320 e. The van der Waals surface area contributed by atoms with Crippen molar-refractivity contribution in [2.45, 2.75) is 44.4 Å². The molecular formula is C29H39N7O4S2. The predicted molar refractivity (Wildman–Crippen MR) is 165 cm³/mol. The Hall–Kier alpha value is -3.03. The minimum atomic E-state index is -3.29. The molecule has 0 unspecified atom stereocenters. The highest BCUT2D eigenvalue weighted by atomic mass is 32.2. The molecule has 0 aliphatic carbocycles. The number of piperidine rings is 1. The number of hydrogen-bond acceptors (Lipinski definition) is 10. The highest BCUT2D eigenvalue weighted by Gasteiger charge is 2.28. The van der Waals surface area contributed by atoms with E-state index in [0.717, 1.165) is 112 Å². The summed E-state index contributed by atoms with van der Waals surface area (Å²) < 4.78 is 30.7. The van der Waals surface area contributed by atoms with Gasteiger partial charge in [-0.15, -0.1) is 11.3 Å². The van der Waals surface area contributed by atoms with Crippen molar-refractivity contribution in [2.24, 2.45) is 0 Å². The molecule has 0 atom stereocenters. The summed E-state index contributed by atoms with van der Waals surface area (Å²) in [6.07, 6.45) is 8.55. The van der Waals surface area contributed by atoms with Crippen LogP contribution in [0.1, 0.15) is 43.2 Å². The molecule has 0 N–H and O–H groups in total. The number of methoxy groups -OCH3 is 1. The van der Waals surface area contributed by atoms with Crippen molar-refractivity contribution < 1.29 is 17.9 Å². The molecule has 0 saturated carbocycles. The lowest BCUT2D eigenvalue weighted by atomic mass is 10.1. The van der Waals surface area contributed by atoms with Crippen LogP contribution in [0.15, 0.2) is 17.6 Å². The van der Waals surface area contributed by atoms with Gasteiger partial charge in [-0.2, -0.15) is 0 Å². The summed E-state index contributed by atoms with van der Waals surface area (Å²) in [5, 5.41) is 2.17. The van der Waals surface area contributed by atoms with Gasteiger partial charge < -0.3 is 19.4 Å². The van der Waals surface area contributed by atoms with Crippen LogP contribution >= 0.6 is 11.3 Å². The van der Waals surface area contributed by atoms with Crippen molar-refractivity contribution in [1.82, 2.24) is 29.7 Å². The van der Waals surface area contributed by atoms with E-state index >= 15 is 0 Å². The number of amides is 2. The predicted octanol–water partition coefficient (Wildman–Crippen LogP) is 3.63. The number of nitrogens with zero attached hydrogens (tertiary/aromatic N) is 7. The molecule has 3 fully saturated rings. The van der Waals surface area contributed by atoms with Gasteiger partial charge in [0.15, 0.2) is 9.84 Å². The lowest BCUT2D eigenvalue weighted by molar-refractivity contribution is 0.115. The van der Waals surface area contributed by atoms with E-state index in [2.05, 4.69) is 20.2 Å². The normalized spacial score (nSPS) is 18.7. The molecule has 42 heavy (non-hydrogen) atoms. The number of sulfone groups is 1. The molecule has 0 aromatic carbocycles. The van der Waals surface area contributed by atoms with Crippen LogP contribution in [0.4, 0.5) is 10.7 Å². The summed E-state index contributed by atoms with van der Waals surface area (Å²) in [4.78, 5) is 36.1. The molecule has 2 amide bonds. The minimum Gasteiger partial charge on any atom is -0.481 e. The molecule has 6 rings (SSSR count). The topological polar surface area (TPSA) is 112 Å². The number of urea groups is 1. The molecule has 3 aromatic rings. The maximum absolute atomic E-state index is 12.9. The summed E-state index contributed by atoms with van der Waals surface area (Å²) in [6.45, 7) is 7.45. The van der Waals surface area contributed by atoms with Crippen molar-refractivity contribution in [3.8, 4) is 17.1 Å². The zero-order valence-corrected chi connectivity index (χ0v) is 26.1. The number of pyridine rings is 1. The molecule has 6 heterocycles. The van der Waals surface area contributed by atoms with Crippen LogP contribution in [0, 0.1) is 0 Å². The molecule has 0 bridgehead atoms. The van der Waals surface area contributed by atoms with Gasteiger partial charge in [-0.1, -0.05) is 0 Å². The Morgan fingerprint density at radius 1 is 0.929 bits per heavy atom. The molecular weight excluding hydrogens is 574 g/mol. The molecule has 3 aliphatic heterocycles. The number of aromatic nitrogens is 3. The second-order valence-corrected chi connectivity index (χ2v) is 14.6. The Kier molecular flexibility index (Phi) is 8.51. The summed E-state index contributed by atoms with van der Waals surface area (Å²) in [7, 11) is -1.80. The summed E-state index contributed by atoms with van der Waals surface area (Å²) >= 11 is 1.61. The van der Waals surface area contributed by atoms with Gasteiger partial charge in [0.2, 0.25) is 11.8 Å². The first-order chi connectivity index (χ1) is 20.3. The first-order valence-corrected chi connectivity index (χ1v) is 17.7. The van der Waals surface area contributed by atoms with Gasteiger partial charge in [-0.05, 0) is 43.6 Å². The number of carbonyl (C=O) groups excluding carboxylic acids is 1. The fourth-order valence-electron chi connectivity index (χ4n) is 6.14. The minimum absolute atomic E-state index is 0.161. The Labute approximate surface area is 251 Å². The van der Waals surface area contributed by atoms with E-state index in [1.54, 1.807) is 17.5 Å². The summed E-state index contributed by atoms with van der Waals surface area (Å²) in [5.74, 6) is 0.852. The Morgan fingerprint density at radius 3 is 2.31 bits per heavy atom. The fourth-order valence-corrected chi connectivity index (χ4v) is 7.92. The number of ether oxygens (including phenoxy) is 1. The first-order valence-electron chi connectivity index (χ1n) is 14.8. The van der Waals surface area contributed by atoms with Gasteiger partial charge in [-0.25, -0.2) is 28.2 Å². The Morgan fingerprint density at radius 2 is 1.62 bits per heavy atom. The maximum Gasteiger partial charge on any atom is 0.320 e. The van der Waals surface area contributed by atoms with Crippen LogP contribution in [-0.4, -0.2) is 110 Å². The number of hydrogen-bond donors (Lipinski definition) is 0. The zero-order chi connectivity index (χ0) is 29.3. The van der Waals surface area contributed by atoms with E-state index in [1.807, 2.05) is 15.9 Å². The van der Waals surface area contributed by atoms with E-state index < -0.39 is 9.84 Å². The average molecular weight is 614 g/mol. The van der Waals surface area contributed by atoms with Gasteiger partial charge in [0, 0.05) is 88.0 Å². The van der Waals surface area contributed by atoms with Crippen LogP contribution < -0.4 is 9.64 Å². The molecule has 11 nitrogen and oxygen atoms in total. The molecule has 226 valence electrons. The number of piperazine rings is 1. The standard InChI is InChI=1S/C29H39N7O4S2/c1-40-27-22(20-42(2,38)39)16-21(17-30-27)24-26-25(32-28(31-24)34-8-4-3-5-9-34)23(19-41-26)18-33-12-14-36(15-13-33)29(37)35-10-6-7-11-35/h16-17,19H,3-15,18,20H2,1-2H3. The van der Waals surface area contributed by atoms with Crippen molar-refractivity contribution in [3.05, 3.63) is 28.8 Å². The largest absolute Gasteiger partial charge is 0.481 e. The number of carbonyl (C=O) groups is 1. The molecule has 0 radical (unpaired) electrons. The number of anilines is 1. The maximum atomic E-state index is 12.9. The molecule has 3 aromatic heterocycles.